The first-order valence-corrected chi connectivity index (χ1v) is 6.88. The first-order valence-electron chi connectivity index (χ1n) is 6.00. The quantitative estimate of drug-likeness (QED) is 0.908. The zero-order valence-electron chi connectivity index (χ0n) is 11.1. The fraction of sp³-hybridized carbons (Fsp3) is 0.286. The van der Waals surface area contributed by atoms with Gasteiger partial charge >= 0.3 is 0 Å². The third kappa shape index (κ3) is 3.13. The Balaban J connectivity index is 2.25. The van der Waals surface area contributed by atoms with Crippen molar-refractivity contribution in [2.75, 3.05) is 11.9 Å². The molecule has 0 amide bonds. The molecule has 0 radical (unpaired) electrons. The summed E-state index contributed by atoms with van der Waals surface area (Å²) >= 11 is 1.38. The lowest BCUT2D eigenvalue weighted by molar-refractivity contribution is 0.234. The highest BCUT2D eigenvalue weighted by Gasteiger charge is 2.18. The van der Waals surface area contributed by atoms with Crippen LogP contribution >= 0.6 is 11.3 Å². The van der Waals surface area contributed by atoms with Crippen LogP contribution in [-0.4, -0.2) is 22.2 Å². The van der Waals surface area contributed by atoms with Crippen LogP contribution in [0, 0.1) is 17.1 Å². The zero-order chi connectivity index (χ0) is 14.8. The van der Waals surface area contributed by atoms with Crippen LogP contribution in [0.15, 0.2) is 23.6 Å². The average molecular weight is 291 g/mol. The number of aromatic nitrogens is 1. The third-order valence-corrected chi connectivity index (χ3v) is 3.49. The Bertz CT molecular complexity index is 661. The molecule has 4 nitrogen and oxygen atoms in total. The molecule has 0 aliphatic carbocycles. The lowest BCUT2D eigenvalue weighted by Gasteiger charge is -2.22. The number of nitrogens with one attached hydrogen (secondary N) is 1. The molecule has 6 heteroatoms. The van der Waals surface area contributed by atoms with Gasteiger partial charge in [0.05, 0.1) is 23.4 Å². The van der Waals surface area contributed by atoms with Crippen LogP contribution < -0.4 is 5.32 Å². The van der Waals surface area contributed by atoms with E-state index >= 15 is 0 Å². The second kappa shape index (κ2) is 5.57. The van der Waals surface area contributed by atoms with Gasteiger partial charge in [-0.15, -0.1) is 11.3 Å². The molecule has 0 aliphatic heterocycles. The molecule has 20 heavy (non-hydrogen) atoms. The lowest BCUT2D eigenvalue weighted by atomic mass is 10.1. The summed E-state index contributed by atoms with van der Waals surface area (Å²) in [5.74, 6) is -0.553. The van der Waals surface area contributed by atoms with Gasteiger partial charge in [0.2, 0.25) is 0 Å². The summed E-state index contributed by atoms with van der Waals surface area (Å²) in [5.41, 5.74) is 0.802. The Labute approximate surface area is 120 Å². The Hall–Kier alpha value is -1.97. The maximum Gasteiger partial charge on any atom is 0.183 e. The van der Waals surface area contributed by atoms with Crippen LogP contribution in [0.5, 0.6) is 0 Å². The van der Waals surface area contributed by atoms with Gasteiger partial charge in [0.1, 0.15) is 11.9 Å². The molecule has 0 saturated heterocycles. The Morgan fingerprint density at radius 3 is 2.85 bits per heavy atom. The molecule has 104 valence electrons. The molecule has 0 unspecified atom stereocenters. The molecule has 0 fully saturated rings. The molecule has 0 aliphatic rings. The topological polar surface area (TPSA) is 68.9 Å². The van der Waals surface area contributed by atoms with E-state index in [1.54, 1.807) is 17.5 Å². The standard InChI is InChI=1S/C14H14FN3OS/c1-14(2,8-19)18-13-17-12(7-20-13)9-3-4-10(6-16)11(15)5-9/h3-5,7,19H,8H2,1-2H3,(H,17,18). The minimum Gasteiger partial charge on any atom is -0.394 e. The van der Waals surface area contributed by atoms with E-state index in [4.69, 9.17) is 5.26 Å². The number of halogens is 1. The molecule has 2 rings (SSSR count). The molecule has 0 spiro atoms. The lowest BCUT2D eigenvalue weighted by Crippen LogP contribution is -2.34. The van der Waals surface area contributed by atoms with Crippen molar-refractivity contribution in [2.45, 2.75) is 19.4 Å². The summed E-state index contributed by atoms with van der Waals surface area (Å²) in [5, 5.41) is 23.5. The Morgan fingerprint density at radius 1 is 1.50 bits per heavy atom. The van der Waals surface area contributed by atoms with E-state index in [0.717, 1.165) is 0 Å². The van der Waals surface area contributed by atoms with Gasteiger partial charge in [0, 0.05) is 10.9 Å². The highest BCUT2D eigenvalue weighted by atomic mass is 32.1. The van der Waals surface area contributed by atoms with E-state index in [0.29, 0.717) is 16.4 Å². The summed E-state index contributed by atoms with van der Waals surface area (Å²) in [6.07, 6.45) is 0. The van der Waals surface area contributed by atoms with Crippen molar-refractivity contribution in [2.24, 2.45) is 0 Å². The summed E-state index contributed by atoms with van der Waals surface area (Å²) in [4.78, 5) is 4.36. The van der Waals surface area contributed by atoms with E-state index in [1.807, 2.05) is 13.8 Å². The minimum absolute atomic E-state index is 0.0174. The predicted molar refractivity (Wildman–Crippen MR) is 77.0 cm³/mol. The third-order valence-electron chi connectivity index (χ3n) is 2.73. The van der Waals surface area contributed by atoms with E-state index in [-0.39, 0.29) is 12.2 Å². The number of aliphatic hydroxyl groups is 1. The van der Waals surface area contributed by atoms with Gasteiger partial charge in [-0.3, -0.25) is 0 Å². The maximum atomic E-state index is 13.6. The molecular formula is C14H14FN3OS. The number of aliphatic hydroxyl groups excluding tert-OH is 1. The van der Waals surface area contributed by atoms with Crippen LogP contribution in [0.25, 0.3) is 11.3 Å². The predicted octanol–water partition coefficient (Wildman–Crippen LogP) is 3.00. The highest BCUT2D eigenvalue weighted by molar-refractivity contribution is 7.14. The van der Waals surface area contributed by atoms with Crippen molar-refractivity contribution in [3.05, 3.63) is 35.0 Å². The SMILES string of the molecule is CC(C)(CO)Nc1nc(-c2ccc(C#N)c(F)c2)cs1. The number of thiazole rings is 1. The van der Waals surface area contributed by atoms with Gasteiger partial charge in [-0.05, 0) is 26.0 Å². The van der Waals surface area contributed by atoms with Gasteiger partial charge in [0.15, 0.2) is 5.13 Å². The molecule has 2 N–H and O–H groups in total. The summed E-state index contributed by atoms with van der Waals surface area (Å²) < 4.78 is 13.6. The Morgan fingerprint density at radius 2 is 2.25 bits per heavy atom. The van der Waals surface area contributed by atoms with Gasteiger partial charge in [-0.25, -0.2) is 9.37 Å². The smallest absolute Gasteiger partial charge is 0.183 e. The van der Waals surface area contributed by atoms with Gasteiger partial charge in [-0.2, -0.15) is 5.26 Å². The van der Waals surface area contributed by atoms with E-state index < -0.39 is 11.4 Å². The summed E-state index contributed by atoms with van der Waals surface area (Å²) in [6.45, 7) is 3.69. The van der Waals surface area contributed by atoms with Crippen molar-refractivity contribution >= 4 is 16.5 Å². The van der Waals surface area contributed by atoms with Crippen molar-refractivity contribution in [3.8, 4) is 17.3 Å². The molecule has 1 aromatic carbocycles. The fourth-order valence-corrected chi connectivity index (χ4v) is 2.46. The summed E-state index contributed by atoms with van der Waals surface area (Å²) in [6, 6.07) is 6.19. The number of hydrogen-bond acceptors (Lipinski definition) is 5. The molecule has 1 aromatic heterocycles. The molecular weight excluding hydrogens is 277 g/mol. The molecule has 0 saturated carbocycles. The van der Waals surface area contributed by atoms with Crippen LogP contribution in [-0.2, 0) is 0 Å². The van der Waals surface area contributed by atoms with Crippen molar-refractivity contribution in [1.82, 2.24) is 4.98 Å². The number of rotatable bonds is 4. The van der Waals surface area contributed by atoms with Crippen molar-refractivity contribution in [1.29, 1.82) is 5.26 Å². The van der Waals surface area contributed by atoms with Crippen LogP contribution in [0.3, 0.4) is 0 Å². The molecule has 2 aromatic rings. The second-order valence-electron chi connectivity index (χ2n) is 5.01. The number of nitriles is 1. The maximum absolute atomic E-state index is 13.6. The van der Waals surface area contributed by atoms with E-state index in [2.05, 4.69) is 10.3 Å². The Kier molecular flexibility index (Phi) is 4.02. The van der Waals surface area contributed by atoms with Crippen molar-refractivity contribution < 1.29 is 9.50 Å². The first kappa shape index (κ1) is 14.4. The fourth-order valence-electron chi connectivity index (χ4n) is 1.56. The second-order valence-corrected chi connectivity index (χ2v) is 5.87. The van der Waals surface area contributed by atoms with Crippen molar-refractivity contribution in [3.63, 3.8) is 0 Å². The molecule has 1 heterocycles. The van der Waals surface area contributed by atoms with Crippen LogP contribution in [0.4, 0.5) is 9.52 Å². The molecule has 0 bridgehead atoms. The zero-order valence-corrected chi connectivity index (χ0v) is 12.0. The minimum atomic E-state index is -0.553. The number of hydrogen-bond donors (Lipinski definition) is 2. The van der Waals surface area contributed by atoms with E-state index in [9.17, 15) is 9.50 Å². The van der Waals surface area contributed by atoms with Gasteiger partial charge < -0.3 is 10.4 Å². The van der Waals surface area contributed by atoms with Gasteiger partial charge in [0.25, 0.3) is 0 Å². The van der Waals surface area contributed by atoms with Crippen LogP contribution in [0.2, 0.25) is 0 Å². The average Bonchev–Trinajstić information content (AvgIpc) is 2.86. The van der Waals surface area contributed by atoms with Crippen LogP contribution in [0.1, 0.15) is 19.4 Å². The first-order chi connectivity index (χ1) is 9.45. The molecule has 0 atom stereocenters. The van der Waals surface area contributed by atoms with Gasteiger partial charge in [-0.1, -0.05) is 6.07 Å². The monoisotopic (exact) mass is 291 g/mol. The highest BCUT2D eigenvalue weighted by Crippen LogP contribution is 2.27. The normalized spacial score (nSPS) is 11.2. The number of nitrogens with zero attached hydrogens (tertiary/aromatic N) is 2. The van der Waals surface area contributed by atoms with E-state index in [1.165, 1.54) is 23.5 Å². The summed E-state index contributed by atoms with van der Waals surface area (Å²) in [7, 11) is 0. The number of benzene rings is 1. The largest absolute Gasteiger partial charge is 0.394 e. The number of anilines is 1.